The standard InChI is InChI=1S/C8H19NO4S/c1-8(10)4-5-9(2)14(11,12)7-6-13-3/h8,10H,4-7H2,1-3H3. The van der Waals surface area contributed by atoms with Crippen molar-refractivity contribution in [3.8, 4) is 0 Å². The molecule has 0 fully saturated rings. The van der Waals surface area contributed by atoms with E-state index in [1.165, 1.54) is 18.5 Å². The van der Waals surface area contributed by atoms with Crippen LogP contribution in [0.3, 0.4) is 0 Å². The van der Waals surface area contributed by atoms with Gasteiger partial charge in [0.2, 0.25) is 10.0 Å². The Morgan fingerprint density at radius 3 is 2.50 bits per heavy atom. The average molecular weight is 225 g/mol. The van der Waals surface area contributed by atoms with E-state index in [2.05, 4.69) is 0 Å². The van der Waals surface area contributed by atoms with Crippen LogP contribution in [-0.4, -0.2) is 57.0 Å². The van der Waals surface area contributed by atoms with E-state index < -0.39 is 16.1 Å². The molecule has 5 nitrogen and oxygen atoms in total. The van der Waals surface area contributed by atoms with Crippen molar-refractivity contribution in [3.63, 3.8) is 0 Å². The van der Waals surface area contributed by atoms with Crippen molar-refractivity contribution < 1.29 is 18.3 Å². The molecule has 0 amide bonds. The summed E-state index contributed by atoms with van der Waals surface area (Å²) in [5, 5.41) is 9.00. The maximum Gasteiger partial charge on any atom is 0.216 e. The molecule has 0 aromatic heterocycles. The van der Waals surface area contributed by atoms with Crippen molar-refractivity contribution in [1.29, 1.82) is 0 Å². The molecule has 0 aliphatic rings. The SMILES string of the molecule is COCCS(=O)(=O)N(C)CCC(C)O. The largest absolute Gasteiger partial charge is 0.393 e. The van der Waals surface area contributed by atoms with Gasteiger partial charge in [-0.05, 0) is 13.3 Å². The number of aliphatic hydroxyl groups is 1. The van der Waals surface area contributed by atoms with Crippen molar-refractivity contribution in [2.24, 2.45) is 0 Å². The minimum absolute atomic E-state index is 0.0141. The van der Waals surface area contributed by atoms with Crippen molar-refractivity contribution in [3.05, 3.63) is 0 Å². The number of rotatable bonds is 7. The van der Waals surface area contributed by atoms with Gasteiger partial charge in [0, 0.05) is 20.7 Å². The average Bonchev–Trinajstić information content (AvgIpc) is 2.10. The lowest BCUT2D eigenvalue weighted by Crippen LogP contribution is -2.32. The molecule has 14 heavy (non-hydrogen) atoms. The Morgan fingerprint density at radius 1 is 1.50 bits per heavy atom. The Bertz CT molecular complexity index is 238. The predicted octanol–water partition coefficient (Wildman–Crippen LogP) is -0.335. The zero-order valence-corrected chi connectivity index (χ0v) is 9.75. The Hall–Kier alpha value is -0.170. The fraction of sp³-hybridized carbons (Fsp3) is 1.00. The summed E-state index contributed by atoms with van der Waals surface area (Å²) >= 11 is 0. The van der Waals surface area contributed by atoms with Crippen LogP contribution in [-0.2, 0) is 14.8 Å². The summed E-state index contributed by atoms with van der Waals surface area (Å²) in [6.07, 6.45) is -0.0296. The van der Waals surface area contributed by atoms with Crippen LogP contribution in [0.5, 0.6) is 0 Å². The predicted molar refractivity (Wildman–Crippen MR) is 54.6 cm³/mol. The fourth-order valence-electron chi connectivity index (χ4n) is 0.852. The number of ether oxygens (including phenoxy) is 1. The van der Waals surface area contributed by atoms with E-state index in [0.29, 0.717) is 13.0 Å². The zero-order chi connectivity index (χ0) is 11.2. The van der Waals surface area contributed by atoms with Crippen LogP contribution in [0.4, 0.5) is 0 Å². The third kappa shape index (κ3) is 5.54. The first-order valence-corrected chi connectivity index (χ1v) is 6.12. The Labute approximate surface area is 85.7 Å². The van der Waals surface area contributed by atoms with Crippen molar-refractivity contribution in [1.82, 2.24) is 4.31 Å². The molecule has 0 saturated carbocycles. The van der Waals surface area contributed by atoms with Gasteiger partial charge in [-0.25, -0.2) is 12.7 Å². The molecule has 0 heterocycles. The lowest BCUT2D eigenvalue weighted by molar-refractivity contribution is 0.177. The van der Waals surface area contributed by atoms with E-state index in [0.717, 1.165) is 0 Å². The third-order valence-electron chi connectivity index (χ3n) is 1.88. The maximum absolute atomic E-state index is 11.5. The highest BCUT2D eigenvalue weighted by Crippen LogP contribution is 2.01. The van der Waals surface area contributed by atoms with Crippen LogP contribution < -0.4 is 0 Å². The molecule has 0 bridgehead atoms. The monoisotopic (exact) mass is 225 g/mol. The van der Waals surface area contributed by atoms with Gasteiger partial charge in [0.15, 0.2) is 0 Å². The maximum atomic E-state index is 11.5. The molecule has 0 rings (SSSR count). The van der Waals surface area contributed by atoms with Gasteiger partial charge in [-0.2, -0.15) is 0 Å². The van der Waals surface area contributed by atoms with E-state index >= 15 is 0 Å². The lowest BCUT2D eigenvalue weighted by Gasteiger charge is -2.17. The molecular weight excluding hydrogens is 206 g/mol. The molecule has 86 valence electrons. The minimum atomic E-state index is -3.22. The molecular formula is C8H19NO4S. The summed E-state index contributed by atoms with van der Waals surface area (Å²) in [6, 6.07) is 0. The fourth-order valence-corrected chi connectivity index (χ4v) is 1.92. The van der Waals surface area contributed by atoms with Crippen molar-refractivity contribution in [2.75, 3.05) is 33.1 Å². The molecule has 1 N–H and O–H groups in total. The molecule has 0 radical (unpaired) electrons. The van der Waals surface area contributed by atoms with Gasteiger partial charge in [0.05, 0.1) is 18.5 Å². The number of sulfonamides is 1. The Morgan fingerprint density at radius 2 is 2.07 bits per heavy atom. The molecule has 1 atom stereocenters. The number of aliphatic hydroxyl groups excluding tert-OH is 1. The van der Waals surface area contributed by atoms with Gasteiger partial charge >= 0.3 is 0 Å². The Kier molecular flexibility index (Phi) is 6.26. The molecule has 0 aromatic carbocycles. The van der Waals surface area contributed by atoms with Crippen LogP contribution in [0.1, 0.15) is 13.3 Å². The molecule has 0 saturated heterocycles. The van der Waals surface area contributed by atoms with Crippen LogP contribution in [0.2, 0.25) is 0 Å². The topological polar surface area (TPSA) is 66.8 Å². The molecule has 0 aliphatic carbocycles. The smallest absolute Gasteiger partial charge is 0.216 e. The number of hydrogen-bond acceptors (Lipinski definition) is 4. The van der Waals surface area contributed by atoms with E-state index in [1.54, 1.807) is 6.92 Å². The second-order valence-electron chi connectivity index (χ2n) is 3.27. The van der Waals surface area contributed by atoms with Gasteiger partial charge in [-0.1, -0.05) is 0 Å². The summed E-state index contributed by atoms with van der Waals surface area (Å²) in [4.78, 5) is 0. The number of hydrogen-bond donors (Lipinski definition) is 1. The summed E-state index contributed by atoms with van der Waals surface area (Å²) in [5.74, 6) is -0.0141. The van der Waals surface area contributed by atoms with E-state index in [4.69, 9.17) is 9.84 Å². The molecule has 0 aliphatic heterocycles. The second kappa shape index (κ2) is 6.34. The first-order chi connectivity index (χ1) is 6.40. The van der Waals surface area contributed by atoms with E-state index in [9.17, 15) is 8.42 Å². The first kappa shape index (κ1) is 13.8. The minimum Gasteiger partial charge on any atom is -0.393 e. The number of methoxy groups -OCH3 is 1. The van der Waals surface area contributed by atoms with Gasteiger partial charge in [-0.15, -0.1) is 0 Å². The highest BCUT2D eigenvalue weighted by molar-refractivity contribution is 7.89. The summed E-state index contributed by atoms with van der Waals surface area (Å²) in [6.45, 7) is 2.17. The van der Waals surface area contributed by atoms with E-state index in [-0.39, 0.29) is 12.4 Å². The van der Waals surface area contributed by atoms with E-state index in [1.807, 2.05) is 0 Å². The number of nitrogens with zero attached hydrogens (tertiary/aromatic N) is 1. The third-order valence-corrected chi connectivity index (χ3v) is 3.70. The van der Waals surface area contributed by atoms with Crippen LogP contribution >= 0.6 is 0 Å². The van der Waals surface area contributed by atoms with Gasteiger partial charge in [0.1, 0.15) is 0 Å². The first-order valence-electron chi connectivity index (χ1n) is 4.51. The van der Waals surface area contributed by atoms with Crippen LogP contribution in [0, 0.1) is 0 Å². The van der Waals surface area contributed by atoms with Crippen molar-refractivity contribution in [2.45, 2.75) is 19.4 Å². The van der Waals surface area contributed by atoms with Crippen LogP contribution in [0.15, 0.2) is 0 Å². The second-order valence-corrected chi connectivity index (χ2v) is 5.46. The highest BCUT2D eigenvalue weighted by atomic mass is 32.2. The molecule has 1 unspecified atom stereocenters. The summed E-state index contributed by atoms with van der Waals surface area (Å²) in [7, 11) is -0.250. The normalized spacial score (nSPS) is 14.6. The van der Waals surface area contributed by atoms with Gasteiger partial charge in [0.25, 0.3) is 0 Å². The zero-order valence-electron chi connectivity index (χ0n) is 8.93. The lowest BCUT2D eigenvalue weighted by atomic mass is 10.3. The van der Waals surface area contributed by atoms with Crippen LogP contribution in [0.25, 0.3) is 0 Å². The summed E-state index contributed by atoms with van der Waals surface area (Å²) < 4.78 is 28.9. The van der Waals surface area contributed by atoms with Gasteiger partial charge < -0.3 is 9.84 Å². The quantitative estimate of drug-likeness (QED) is 0.644. The molecule has 6 heteroatoms. The molecule has 0 aromatic rings. The molecule has 0 spiro atoms. The van der Waals surface area contributed by atoms with Crippen molar-refractivity contribution >= 4 is 10.0 Å². The summed E-state index contributed by atoms with van der Waals surface area (Å²) in [5.41, 5.74) is 0. The highest BCUT2D eigenvalue weighted by Gasteiger charge is 2.17. The van der Waals surface area contributed by atoms with Gasteiger partial charge in [-0.3, -0.25) is 0 Å². The Balaban J connectivity index is 4.01.